The van der Waals surface area contributed by atoms with Crippen LogP contribution in [0.25, 0.3) is 28.0 Å². The van der Waals surface area contributed by atoms with Crippen molar-refractivity contribution in [2.75, 3.05) is 25.7 Å². The number of nitrogens with zero attached hydrogens (tertiary/aromatic N) is 5. The highest BCUT2D eigenvalue weighted by molar-refractivity contribution is 6.01. The number of halogens is 1. The fraction of sp³-hybridized carbons (Fsp3) is 0.273. The highest BCUT2D eigenvalue weighted by atomic mass is 19.1. The van der Waals surface area contributed by atoms with Crippen LogP contribution in [0.4, 0.5) is 10.1 Å². The fourth-order valence-electron chi connectivity index (χ4n) is 6.60. The maximum Gasteiger partial charge on any atom is 0.215 e. The lowest BCUT2D eigenvalue weighted by molar-refractivity contribution is 0.0988. The Kier molecular flexibility index (Phi) is 6.57. The van der Waals surface area contributed by atoms with Gasteiger partial charge in [-0.15, -0.1) is 0 Å². The molecular formula is C33H30FN5O3. The second kappa shape index (κ2) is 10.6. The third-order valence-corrected chi connectivity index (χ3v) is 8.54. The van der Waals surface area contributed by atoms with Crippen molar-refractivity contribution in [2.24, 2.45) is 5.92 Å². The van der Waals surface area contributed by atoms with Crippen LogP contribution in [0.1, 0.15) is 35.3 Å². The van der Waals surface area contributed by atoms with Gasteiger partial charge in [-0.3, -0.25) is 4.79 Å². The summed E-state index contributed by atoms with van der Waals surface area (Å²) < 4.78 is 27.6. The molecule has 1 aliphatic heterocycles. The molecule has 2 aromatic carbocycles. The number of anilines is 1. The molecule has 9 heteroatoms. The summed E-state index contributed by atoms with van der Waals surface area (Å²) in [5, 5.41) is 1.10. The molecule has 2 fully saturated rings. The quantitative estimate of drug-likeness (QED) is 0.213. The predicted molar refractivity (Wildman–Crippen MR) is 158 cm³/mol. The average molecular weight is 564 g/mol. The molecule has 5 aromatic rings. The number of ether oxygens (including phenoxy) is 2. The number of carbonyl (C=O) groups excluding carboxylic acids is 1. The van der Waals surface area contributed by atoms with Gasteiger partial charge >= 0.3 is 0 Å². The van der Waals surface area contributed by atoms with Gasteiger partial charge in [-0.05, 0) is 67.1 Å². The summed E-state index contributed by atoms with van der Waals surface area (Å²) in [6, 6.07) is 16.7. The molecule has 8 nitrogen and oxygen atoms in total. The highest BCUT2D eigenvalue weighted by Gasteiger charge is 2.39. The minimum atomic E-state index is -0.507. The number of ketones is 1. The Morgan fingerprint density at radius 2 is 1.90 bits per heavy atom. The van der Waals surface area contributed by atoms with Crippen molar-refractivity contribution in [3.63, 3.8) is 0 Å². The maximum absolute atomic E-state index is 14.8. The Bertz CT molecular complexity index is 1820. The summed E-state index contributed by atoms with van der Waals surface area (Å²) in [4.78, 5) is 29.2. The molecule has 0 radical (unpaired) electrons. The number of hydrogen-bond donors (Lipinski definition) is 0. The van der Waals surface area contributed by atoms with Crippen molar-refractivity contribution in [3.8, 4) is 28.7 Å². The zero-order valence-corrected chi connectivity index (χ0v) is 23.5. The molecule has 0 unspecified atom stereocenters. The zero-order chi connectivity index (χ0) is 28.8. The van der Waals surface area contributed by atoms with Gasteiger partial charge in [-0.1, -0.05) is 12.1 Å². The second-order valence-corrected chi connectivity index (χ2v) is 10.9. The molecule has 4 heterocycles. The first-order valence-corrected chi connectivity index (χ1v) is 14.1. The largest absolute Gasteiger partial charge is 0.496 e. The number of piperidine rings is 1. The standard InChI is InChI=1S/C33H30FN5O3/c1-41-29-5-3-4-25(34)31(29)33-36-14-11-26(37-33)28(40)17-21-7-9-27-24(32(21)39-19-20-6-8-22(39)16-20)12-15-38(27)23-10-13-35-30(18-23)42-2/h3-5,7,9-15,18,20,22H,6,8,16-17,19H2,1-2H3/t20-,22+/m0/s1. The Morgan fingerprint density at radius 1 is 1.02 bits per heavy atom. The lowest BCUT2D eigenvalue weighted by atomic mass is 9.99. The van der Waals surface area contributed by atoms with Crippen LogP contribution in [0, 0.1) is 11.7 Å². The molecule has 1 aliphatic carbocycles. The minimum absolute atomic E-state index is 0.119. The molecule has 1 saturated heterocycles. The number of pyridine rings is 1. The van der Waals surface area contributed by atoms with Gasteiger partial charge in [-0.25, -0.2) is 19.3 Å². The summed E-state index contributed by atoms with van der Waals surface area (Å²) in [6.07, 6.45) is 9.06. The summed E-state index contributed by atoms with van der Waals surface area (Å²) in [6.45, 7) is 0.990. The van der Waals surface area contributed by atoms with E-state index in [2.05, 4.69) is 48.8 Å². The van der Waals surface area contributed by atoms with Crippen LogP contribution in [0.2, 0.25) is 0 Å². The first-order chi connectivity index (χ1) is 20.5. The smallest absolute Gasteiger partial charge is 0.215 e. The highest BCUT2D eigenvalue weighted by Crippen LogP contribution is 2.44. The van der Waals surface area contributed by atoms with E-state index in [1.54, 1.807) is 31.5 Å². The van der Waals surface area contributed by atoms with Crippen LogP contribution in [0.5, 0.6) is 11.6 Å². The Balaban J connectivity index is 1.28. The molecule has 2 bridgehead atoms. The van der Waals surface area contributed by atoms with Crippen LogP contribution in [-0.4, -0.2) is 52.1 Å². The first-order valence-electron chi connectivity index (χ1n) is 14.1. The average Bonchev–Trinajstić information content (AvgIpc) is 3.77. The molecule has 2 aliphatic rings. The van der Waals surface area contributed by atoms with Crippen LogP contribution in [0.15, 0.2) is 73.2 Å². The number of hydrogen-bond acceptors (Lipinski definition) is 7. The summed E-state index contributed by atoms with van der Waals surface area (Å²) in [7, 11) is 3.07. The molecule has 3 aromatic heterocycles. The minimum Gasteiger partial charge on any atom is -0.496 e. The van der Waals surface area contributed by atoms with E-state index in [1.807, 2.05) is 12.1 Å². The number of Topliss-reactive ketones (excluding diaryl/α,β-unsaturated/α-hetero) is 1. The Morgan fingerprint density at radius 3 is 2.69 bits per heavy atom. The van der Waals surface area contributed by atoms with Crippen molar-refractivity contribution in [2.45, 2.75) is 31.7 Å². The predicted octanol–water partition coefficient (Wildman–Crippen LogP) is 6.05. The van der Waals surface area contributed by atoms with Crippen molar-refractivity contribution in [3.05, 3.63) is 90.3 Å². The third-order valence-electron chi connectivity index (χ3n) is 8.54. The van der Waals surface area contributed by atoms with E-state index in [1.165, 1.54) is 32.2 Å². The molecule has 2 atom stereocenters. The van der Waals surface area contributed by atoms with Crippen molar-refractivity contribution in [1.29, 1.82) is 0 Å². The topological polar surface area (TPSA) is 82.4 Å². The molecule has 0 N–H and O–H groups in total. The van der Waals surface area contributed by atoms with Gasteiger partial charge in [0.1, 0.15) is 17.3 Å². The van der Waals surface area contributed by atoms with E-state index in [4.69, 9.17) is 9.47 Å². The molecule has 42 heavy (non-hydrogen) atoms. The molecular weight excluding hydrogens is 533 g/mol. The monoisotopic (exact) mass is 563 g/mol. The van der Waals surface area contributed by atoms with Crippen LogP contribution < -0.4 is 14.4 Å². The van der Waals surface area contributed by atoms with Gasteiger partial charge in [0.2, 0.25) is 5.88 Å². The van der Waals surface area contributed by atoms with E-state index in [0.717, 1.165) is 40.8 Å². The lowest BCUT2D eigenvalue weighted by Gasteiger charge is -2.32. The number of benzene rings is 2. The molecule has 0 spiro atoms. The lowest BCUT2D eigenvalue weighted by Crippen LogP contribution is -2.33. The normalized spacial score (nSPS) is 17.6. The molecule has 7 rings (SSSR count). The van der Waals surface area contributed by atoms with Gasteiger partial charge in [0.05, 0.1) is 36.7 Å². The molecule has 212 valence electrons. The van der Waals surface area contributed by atoms with E-state index in [0.29, 0.717) is 23.6 Å². The van der Waals surface area contributed by atoms with E-state index < -0.39 is 5.82 Å². The number of methoxy groups -OCH3 is 2. The van der Waals surface area contributed by atoms with Gasteiger partial charge in [0.25, 0.3) is 0 Å². The summed E-state index contributed by atoms with van der Waals surface area (Å²) in [5.41, 5.74) is 4.44. The zero-order valence-electron chi connectivity index (χ0n) is 23.5. The SMILES string of the molecule is COc1cc(-n2ccc3c(N4C[C@H]5CC[C@@H]4C5)c(CC(=O)c4ccnc(-c5c(F)cccc5OC)n4)ccc32)ccn1. The van der Waals surface area contributed by atoms with Crippen LogP contribution in [-0.2, 0) is 6.42 Å². The fourth-order valence-corrected chi connectivity index (χ4v) is 6.60. The van der Waals surface area contributed by atoms with Crippen LogP contribution >= 0.6 is 0 Å². The molecule has 1 saturated carbocycles. The Labute approximate surface area is 242 Å². The van der Waals surface area contributed by atoms with E-state index in [-0.39, 0.29) is 29.3 Å². The van der Waals surface area contributed by atoms with Crippen LogP contribution in [0.3, 0.4) is 0 Å². The Hall–Kier alpha value is -4.79. The van der Waals surface area contributed by atoms with Crippen molar-refractivity contribution >= 4 is 22.4 Å². The first kappa shape index (κ1) is 26.1. The van der Waals surface area contributed by atoms with Gasteiger partial charge in [0, 0.05) is 49.1 Å². The number of carbonyl (C=O) groups is 1. The third kappa shape index (κ3) is 4.45. The van der Waals surface area contributed by atoms with Crippen molar-refractivity contribution < 1.29 is 18.7 Å². The van der Waals surface area contributed by atoms with E-state index in [9.17, 15) is 9.18 Å². The molecule has 0 amide bonds. The summed E-state index contributed by atoms with van der Waals surface area (Å²) >= 11 is 0. The number of aromatic nitrogens is 4. The van der Waals surface area contributed by atoms with Gasteiger partial charge in [-0.2, -0.15) is 0 Å². The second-order valence-electron chi connectivity index (χ2n) is 10.9. The summed E-state index contributed by atoms with van der Waals surface area (Å²) in [5.74, 6) is 0.997. The maximum atomic E-state index is 14.8. The number of fused-ring (bicyclic) bond motifs is 3. The van der Waals surface area contributed by atoms with Gasteiger partial charge in [0.15, 0.2) is 11.6 Å². The van der Waals surface area contributed by atoms with E-state index >= 15 is 0 Å². The number of rotatable bonds is 8. The van der Waals surface area contributed by atoms with Crippen molar-refractivity contribution in [1.82, 2.24) is 19.5 Å². The van der Waals surface area contributed by atoms with Gasteiger partial charge < -0.3 is 18.9 Å².